The lowest BCUT2D eigenvalue weighted by Crippen LogP contribution is -2.58. The van der Waals surface area contributed by atoms with E-state index < -0.39 is 16.9 Å². The highest BCUT2D eigenvalue weighted by Crippen LogP contribution is 2.50. The number of fused-ring (bicyclic) bond motifs is 1. The van der Waals surface area contributed by atoms with Crippen molar-refractivity contribution in [3.63, 3.8) is 0 Å². The molecular formula is C14H19NO3. The van der Waals surface area contributed by atoms with Crippen molar-refractivity contribution in [2.45, 2.75) is 52.4 Å². The van der Waals surface area contributed by atoms with Crippen molar-refractivity contribution >= 4 is 5.78 Å². The Bertz CT molecular complexity index is 460. The number of allylic oxidation sites excluding steroid dienone is 1. The number of nitriles is 1. The van der Waals surface area contributed by atoms with Crippen molar-refractivity contribution in [3.8, 4) is 6.07 Å². The summed E-state index contributed by atoms with van der Waals surface area (Å²) >= 11 is 0. The summed E-state index contributed by atoms with van der Waals surface area (Å²) in [5.74, 6) is -0.170. The highest BCUT2D eigenvalue weighted by atomic mass is 16.5. The predicted octanol–water partition coefficient (Wildman–Crippen LogP) is 1.59. The molecule has 0 amide bonds. The van der Waals surface area contributed by atoms with Crippen LogP contribution in [0.15, 0.2) is 11.6 Å². The highest BCUT2D eigenvalue weighted by Gasteiger charge is 2.56. The third-order valence-electron chi connectivity index (χ3n) is 4.22. The number of ether oxygens (including phenoxy) is 1. The van der Waals surface area contributed by atoms with Crippen LogP contribution >= 0.6 is 0 Å². The van der Waals surface area contributed by atoms with Gasteiger partial charge in [-0.25, -0.2) is 0 Å². The number of carbonyl (C=O) groups is 1. The molecule has 1 aliphatic heterocycles. The van der Waals surface area contributed by atoms with Crippen molar-refractivity contribution in [2.75, 3.05) is 0 Å². The minimum atomic E-state index is -0.733. The number of aliphatic hydroxyl groups excluding tert-OH is 1. The fraction of sp³-hybridized carbons (Fsp3) is 0.714. The van der Waals surface area contributed by atoms with E-state index in [0.717, 1.165) is 0 Å². The van der Waals surface area contributed by atoms with Gasteiger partial charge in [-0.05, 0) is 27.2 Å². The van der Waals surface area contributed by atoms with Gasteiger partial charge in [0, 0.05) is 5.41 Å². The number of ketones is 1. The van der Waals surface area contributed by atoms with Crippen LogP contribution in [0.25, 0.3) is 0 Å². The molecule has 0 unspecified atom stereocenters. The van der Waals surface area contributed by atoms with Crippen LogP contribution in [0.5, 0.6) is 0 Å². The van der Waals surface area contributed by atoms with E-state index in [1.807, 2.05) is 33.8 Å². The molecule has 4 nitrogen and oxygen atoms in total. The molecule has 0 saturated carbocycles. The fourth-order valence-corrected chi connectivity index (χ4v) is 3.26. The number of nitrogens with zero attached hydrogens (tertiary/aromatic N) is 1. The summed E-state index contributed by atoms with van der Waals surface area (Å²) in [6.07, 6.45) is 1.05. The standard InChI is InChI=1S/C14H19NO3/c1-8-10(16)6-14(4)5-9(7-15)11(17)13(2,3)12(14)18-8/h5,8,10,12,16H,6H2,1-4H3/t8-,10+,12+,14-/m1/s1. The number of rotatable bonds is 0. The molecule has 18 heavy (non-hydrogen) atoms. The molecule has 1 aliphatic carbocycles. The zero-order chi connectivity index (χ0) is 13.7. The van der Waals surface area contributed by atoms with E-state index in [4.69, 9.17) is 10.00 Å². The second-order valence-corrected chi connectivity index (χ2v) is 6.22. The van der Waals surface area contributed by atoms with Crippen molar-refractivity contribution in [2.24, 2.45) is 10.8 Å². The Morgan fingerprint density at radius 3 is 2.67 bits per heavy atom. The molecule has 0 bridgehead atoms. The third-order valence-corrected chi connectivity index (χ3v) is 4.22. The largest absolute Gasteiger partial charge is 0.390 e. The summed E-state index contributed by atoms with van der Waals surface area (Å²) in [4.78, 5) is 12.2. The van der Waals surface area contributed by atoms with Crippen LogP contribution in [0.4, 0.5) is 0 Å². The number of carbonyl (C=O) groups excluding carboxylic acids is 1. The van der Waals surface area contributed by atoms with Gasteiger partial charge in [0.15, 0.2) is 5.78 Å². The van der Waals surface area contributed by atoms with Crippen LogP contribution in [-0.4, -0.2) is 29.2 Å². The van der Waals surface area contributed by atoms with E-state index in [1.165, 1.54) is 0 Å². The molecule has 1 N–H and O–H groups in total. The molecule has 98 valence electrons. The minimum Gasteiger partial charge on any atom is -0.390 e. The summed E-state index contributed by atoms with van der Waals surface area (Å²) in [7, 11) is 0. The molecule has 2 rings (SSSR count). The molecule has 2 aliphatic rings. The van der Waals surface area contributed by atoms with Gasteiger partial charge in [0.25, 0.3) is 0 Å². The Balaban J connectivity index is 2.52. The van der Waals surface area contributed by atoms with Crippen molar-refractivity contribution < 1.29 is 14.6 Å². The minimum absolute atomic E-state index is 0.170. The first kappa shape index (κ1) is 13.3. The SMILES string of the molecule is C[C@H]1O[C@H]2C(C)(C)C(=O)C(C#N)=C[C@]2(C)C[C@@H]1O. The summed E-state index contributed by atoms with van der Waals surface area (Å²) < 4.78 is 5.86. The third kappa shape index (κ3) is 1.70. The lowest BCUT2D eigenvalue weighted by atomic mass is 9.59. The molecule has 1 heterocycles. The lowest BCUT2D eigenvalue weighted by Gasteiger charge is -2.52. The first-order chi connectivity index (χ1) is 8.22. The van der Waals surface area contributed by atoms with Gasteiger partial charge < -0.3 is 9.84 Å². The summed E-state index contributed by atoms with van der Waals surface area (Å²) in [5, 5.41) is 19.0. The van der Waals surface area contributed by atoms with Crippen molar-refractivity contribution in [1.29, 1.82) is 5.26 Å². The Morgan fingerprint density at radius 1 is 1.50 bits per heavy atom. The summed E-state index contributed by atoms with van der Waals surface area (Å²) in [5.41, 5.74) is -1.01. The van der Waals surface area contributed by atoms with Crippen molar-refractivity contribution in [1.82, 2.24) is 0 Å². The van der Waals surface area contributed by atoms with E-state index in [2.05, 4.69) is 0 Å². The topological polar surface area (TPSA) is 70.3 Å². The molecule has 0 radical (unpaired) electrons. The van der Waals surface area contributed by atoms with E-state index in [1.54, 1.807) is 6.08 Å². The summed E-state index contributed by atoms with van der Waals surface area (Å²) in [6, 6.07) is 1.97. The maximum absolute atomic E-state index is 12.2. The Hall–Kier alpha value is -1.18. The van der Waals surface area contributed by atoms with Gasteiger partial charge in [-0.3, -0.25) is 4.79 Å². The van der Waals surface area contributed by atoms with Gasteiger partial charge in [-0.15, -0.1) is 0 Å². The Labute approximate surface area is 107 Å². The molecule has 0 aromatic rings. The van der Waals surface area contributed by atoms with Gasteiger partial charge in [0.1, 0.15) is 6.07 Å². The van der Waals surface area contributed by atoms with Crippen LogP contribution in [0.3, 0.4) is 0 Å². The number of hydrogen-bond donors (Lipinski definition) is 1. The van der Waals surface area contributed by atoms with Gasteiger partial charge in [-0.2, -0.15) is 5.26 Å². The monoisotopic (exact) mass is 249 g/mol. The second-order valence-electron chi connectivity index (χ2n) is 6.22. The number of hydrogen-bond acceptors (Lipinski definition) is 4. The second kappa shape index (κ2) is 3.91. The van der Waals surface area contributed by atoms with Crippen LogP contribution in [0, 0.1) is 22.2 Å². The van der Waals surface area contributed by atoms with Crippen molar-refractivity contribution in [3.05, 3.63) is 11.6 Å². The zero-order valence-corrected chi connectivity index (χ0v) is 11.2. The first-order valence-corrected chi connectivity index (χ1v) is 6.23. The smallest absolute Gasteiger partial charge is 0.181 e. The normalized spacial score (nSPS) is 42.8. The first-order valence-electron chi connectivity index (χ1n) is 6.23. The van der Waals surface area contributed by atoms with Crippen LogP contribution < -0.4 is 0 Å². The number of aliphatic hydroxyl groups is 1. The van der Waals surface area contributed by atoms with E-state index in [9.17, 15) is 9.90 Å². The predicted molar refractivity (Wildman–Crippen MR) is 65.5 cm³/mol. The zero-order valence-electron chi connectivity index (χ0n) is 11.2. The van der Waals surface area contributed by atoms with E-state index in [0.29, 0.717) is 6.42 Å². The molecule has 4 heteroatoms. The average Bonchev–Trinajstić information content (AvgIpc) is 2.28. The van der Waals surface area contributed by atoms with E-state index >= 15 is 0 Å². The molecule has 0 aromatic heterocycles. The quantitative estimate of drug-likeness (QED) is 0.707. The van der Waals surface area contributed by atoms with Gasteiger partial charge >= 0.3 is 0 Å². The van der Waals surface area contributed by atoms with Crippen LogP contribution in [0.2, 0.25) is 0 Å². The van der Waals surface area contributed by atoms with Crippen LogP contribution in [-0.2, 0) is 9.53 Å². The Kier molecular flexibility index (Phi) is 2.88. The van der Waals surface area contributed by atoms with Crippen LogP contribution in [0.1, 0.15) is 34.1 Å². The maximum atomic E-state index is 12.2. The highest BCUT2D eigenvalue weighted by molar-refractivity contribution is 6.04. The molecule has 4 atom stereocenters. The maximum Gasteiger partial charge on any atom is 0.181 e. The molecule has 0 aromatic carbocycles. The van der Waals surface area contributed by atoms with Gasteiger partial charge in [-0.1, -0.05) is 13.0 Å². The molecule has 0 spiro atoms. The molecule has 1 fully saturated rings. The molecular weight excluding hydrogens is 230 g/mol. The Morgan fingerprint density at radius 2 is 2.11 bits per heavy atom. The lowest BCUT2D eigenvalue weighted by molar-refractivity contribution is -0.197. The van der Waals surface area contributed by atoms with E-state index in [-0.39, 0.29) is 23.6 Å². The van der Waals surface area contributed by atoms with Gasteiger partial charge in [0.05, 0.1) is 29.3 Å². The molecule has 1 saturated heterocycles. The summed E-state index contributed by atoms with van der Waals surface area (Å²) in [6.45, 7) is 7.38. The van der Waals surface area contributed by atoms with Gasteiger partial charge in [0.2, 0.25) is 0 Å². The number of Topliss-reactive ketones (excluding diaryl/α,β-unsaturated/α-hetero) is 1. The average molecular weight is 249 g/mol. The fourth-order valence-electron chi connectivity index (χ4n) is 3.26.